The molecule has 0 aliphatic heterocycles. The summed E-state index contributed by atoms with van der Waals surface area (Å²) in [6, 6.07) is 22.3. The van der Waals surface area contributed by atoms with Gasteiger partial charge in [-0.25, -0.2) is 8.42 Å². The number of benzene rings is 3. The number of hydrogen-bond acceptors (Lipinski definition) is 4. The zero-order valence-corrected chi connectivity index (χ0v) is 18.7. The number of ether oxygens (including phenoxy) is 1. The molecule has 8 heteroatoms. The van der Waals surface area contributed by atoms with Crippen LogP contribution in [-0.2, 0) is 21.4 Å². The molecule has 1 N–H and O–H groups in total. The summed E-state index contributed by atoms with van der Waals surface area (Å²) in [5.41, 5.74) is 1.24. The Kier molecular flexibility index (Phi) is 7.25. The molecule has 0 aliphatic rings. The smallest absolute Gasteiger partial charge is 0.243 e. The van der Waals surface area contributed by atoms with E-state index in [0.29, 0.717) is 11.4 Å². The van der Waals surface area contributed by atoms with Gasteiger partial charge in [-0.05, 0) is 42.0 Å². The maximum Gasteiger partial charge on any atom is 0.243 e. The molecule has 0 radical (unpaired) electrons. The predicted molar refractivity (Wildman–Crippen MR) is 120 cm³/mol. The van der Waals surface area contributed by atoms with Crippen LogP contribution >= 0.6 is 15.9 Å². The third-order valence-corrected chi connectivity index (χ3v) is 6.69. The molecule has 0 saturated heterocycles. The second kappa shape index (κ2) is 9.88. The van der Waals surface area contributed by atoms with Crippen LogP contribution in [0, 0.1) is 0 Å². The molecule has 30 heavy (non-hydrogen) atoms. The molecule has 3 aromatic carbocycles. The summed E-state index contributed by atoms with van der Waals surface area (Å²) in [4.78, 5) is 12.9. The molecule has 0 bridgehead atoms. The average Bonchev–Trinajstić information content (AvgIpc) is 2.75. The van der Waals surface area contributed by atoms with E-state index < -0.39 is 15.9 Å². The lowest BCUT2D eigenvalue weighted by molar-refractivity contribution is -0.116. The van der Waals surface area contributed by atoms with E-state index in [1.165, 1.54) is 19.2 Å². The number of amides is 1. The first kappa shape index (κ1) is 22.0. The molecule has 156 valence electrons. The number of para-hydroxylation sites is 2. The molecule has 0 fully saturated rings. The zero-order valence-electron chi connectivity index (χ0n) is 16.3. The highest BCUT2D eigenvalue weighted by Gasteiger charge is 2.27. The number of sulfonamides is 1. The highest BCUT2D eigenvalue weighted by atomic mass is 79.9. The first-order chi connectivity index (χ1) is 14.4. The fourth-order valence-corrected chi connectivity index (χ4v) is 4.53. The number of hydrogen-bond donors (Lipinski definition) is 1. The average molecular weight is 489 g/mol. The van der Waals surface area contributed by atoms with E-state index >= 15 is 0 Å². The van der Waals surface area contributed by atoms with Gasteiger partial charge in [0.25, 0.3) is 0 Å². The molecule has 3 rings (SSSR count). The van der Waals surface area contributed by atoms with E-state index in [-0.39, 0.29) is 18.0 Å². The minimum atomic E-state index is -3.88. The number of methoxy groups -OCH3 is 1. The van der Waals surface area contributed by atoms with Crippen molar-refractivity contribution in [2.24, 2.45) is 0 Å². The molecule has 0 atom stereocenters. The van der Waals surface area contributed by atoms with Gasteiger partial charge in [0.05, 0.1) is 24.2 Å². The van der Waals surface area contributed by atoms with Crippen LogP contribution < -0.4 is 10.1 Å². The lowest BCUT2D eigenvalue weighted by Crippen LogP contribution is -2.37. The summed E-state index contributed by atoms with van der Waals surface area (Å²) in [7, 11) is -2.38. The van der Waals surface area contributed by atoms with Gasteiger partial charge in [0.2, 0.25) is 15.9 Å². The molecular weight excluding hydrogens is 468 g/mol. The fourth-order valence-electron chi connectivity index (χ4n) is 2.86. The molecule has 0 aromatic heterocycles. The van der Waals surface area contributed by atoms with Crippen LogP contribution in [0.2, 0.25) is 0 Å². The van der Waals surface area contributed by atoms with Crippen molar-refractivity contribution in [2.75, 3.05) is 19.0 Å². The highest BCUT2D eigenvalue weighted by molar-refractivity contribution is 9.10. The van der Waals surface area contributed by atoms with E-state index in [9.17, 15) is 13.2 Å². The van der Waals surface area contributed by atoms with Crippen LogP contribution in [0.1, 0.15) is 5.56 Å². The van der Waals surface area contributed by atoms with Gasteiger partial charge in [-0.3, -0.25) is 4.79 Å². The lowest BCUT2D eigenvalue weighted by Gasteiger charge is -2.22. The van der Waals surface area contributed by atoms with Crippen molar-refractivity contribution < 1.29 is 17.9 Å². The highest BCUT2D eigenvalue weighted by Crippen LogP contribution is 2.24. The number of carbonyl (C=O) groups excluding carboxylic acids is 1. The predicted octanol–water partition coefficient (Wildman–Crippen LogP) is 4.29. The van der Waals surface area contributed by atoms with E-state index in [2.05, 4.69) is 21.2 Å². The number of halogens is 1. The summed E-state index contributed by atoms with van der Waals surface area (Å²) >= 11 is 3.37. The van der Waals surface area contributed by atoms with Gasteiger partial charge in [0, 0.05) is 11.0 Å². The Hall–Kier alpha value is -2.68. The third kappa shape index (κ3) is 5.47. The van der Waals surface area contributed by atoms with Crippen LogP contribution in [0.25, 0.3) is 0 Å². The molecule has 6 nitrogen and oxygen atoms in total. The van der Waals surface area contributed by atoms with Crippen molar-refractivity contribution in [3.8, 4) is 5.75 Å². The number of nitrogens with zero attached hydrogens (tertiary/aromatic N) is 1. The van der Waals surface area contributed by atoms with Crippen LogP contribution in [0.3, 0.4) is 0 Å². The van der Waals surface area contributed by atoms with Gasteiger partial charge in [-0.1, -0.05) is 58.4 Å². The summed E-state index contributed by atoms with van der Waals surface area (Å²) in [5, 5.41) is 2.73. The van der Waals surface area contributed by atoms with Crippen LogP contribution in [0.4, 0.5) is 5.69 Å². The van der Waals surface area contributed by atoms with E-state index in [1.54, 1.807) is 42.5 Å². The normalized spacial score (nSPS) is 11.3. The summed E-state index contributed by atoms with van der Waals surface area (Å²) in [5.74, 6) is 0.0346. The molecule has 1 amide bonds. The van der Waals surface area contributed by atoms with Gasteiger partial charge < -0.3 is 10.1 Å². The van der Waals surface area contributed by atoms with Gasteiger partial charge in [0.1, 0.15) is 5.75 Å². The first-order valence-corrected chi connectivity index (χ1v) is 11.4. The van der Waals surface area contributed by atoms with Gasteiger partial charge in [-0.15, -0.1) is 0 Å². The molecule has 0 saturated carbocycles. The summed E-state index contributed by atoms with van der Waals surface area (Å²) in [6.07, 6.45) is 0. The van der Waals surface area contributed by atoms with E-state index in [1.807, 2.05) is 24.3 Å². The van der Waals surface area contributed by atoms with Gasteiger partial charge >= 0.3 is 0 Å². The fraction of sp³-hybridized carbons (Fsp3) is 0.136. The Labute approximate surface area is 184 Å². The van der Waals surface area contributed by atoms with Crippen molar-refractivity contribution in [2.45, 2.75) is 11.4 Å². The van der Waals surface area contributed by atoms with Crippen LogP contribution in [-0.4, -0.2) is 32.3 Å². The molecule has 0 spiro atoms. The number of nitrogens with one attached hydrogen (secondary N) is 1. The summed E-state index contributed by atoms with van der Waals surface area (Å²) < 4.78 is 33.7. The molecule has 0 aliphatic carbocycles. The number of rotatable bonds is 8. The zero-order chi connectivity index (χ0) is 21.6. The first-order valence-electron chi connectivity index (χ1n) is 9.12. The quantitative estimate of drug-likeness (QED) is 0.513. The third-order valence-electron chi connectivity index (χ3n) is 4.35. The lowest BCUT2D eigenvalue weighted by atomic mass is 10.2. The maximum absolute atomic E-state index is 13.2. The van der Waals surface area contributed by atoms with Gasteiger partial charge in [0.15, 0.2) is 0 Å². The SMILES string of the molecule is COc1ccccc1NC(=O)CN(Cc1ccc(Br)cc1)S(=O)(=O)c1ccccc1. The van der Waals surface area contributed by atoms with Crippen molar-refractivity contribution in [3.63, 3.8) is 0 Å². The van der Waals surface area contributed by atoms with E-state index in [4.69, 9.17) is 4.74 Å². The second-order valence-corrected chi connectivity index (χ2v) is 9.31. The maximum atomic E-state index is 13.2. The number of carbonyl (C=O) groups is 1. The molecule has 3 aromatic rings. The standard InChI is InChI=1S/C22H21BrN2O4S/c1-29-21-10-6-5-9-20(21)24-22(26)16-25(15-17-11-13-18(23)14-12-17)30(27,28)19-7-3-2-4-8-19/h2-14H,15-16H2,1H3,(H,24,26). The molecule has 0 unspecified atom stereocenters. The van der Waals surface area contributed by atoms with E-state index in [0.717, 1.165) is 14.3 Å². The van der Waals surface area contributed by atoms with Crippen molar-refractivity contribution in [1.82, 2.24) is 4.31 Å². The monoisotopic (exact) mass is 488 g/mol. The van der Waals surface area contributed by atoms with Crippen LogP contribution in [0.5, 0.6) is 5.75 Å². The minimum Gasteiger partial charge on any atom is -0.495 e. The van der Waals surface area contributed by atoms with Crippen molar-refractivity contribution in [3.05, 3.63) is 88.9 Å². The topological polar surface area (TPSA) is 75.7 Å². The van der Waals surface area contributed by atoms with Crippen molar-refractivity contribution >= 4 is 37.5 Å². The Morgan fingerprint density at radius 2 is 1.60 bits per heavy atom. The Bertz CT molecular complexity index is 1100. The Morgan fingerprint density at radius 1 is 0.967 bits per heavy atom. The van der Waals surface area contributed by atoms with Crippen LogP contribution in [0.15, 0.2) is 88.2 Å². The Morgan fingerprint density at radius 3 is 2.27 bits per heavy atom. The number of anilines is 1. The molecular formula is C22H21BrN2O4S. The molecule has 0 heterocycles. The largest absolute Gasteiger partial charge is 0.495 e. The Balaban J connectivity index is 1.87. The minimum absolute atomic E-state index is 0.0594. The summed E-state index contributed by atoms with van der Waals surface area (Å²) in [6.45, 7) is -0.283. The van der Waals surface area contributed by atoms with Crippen molar-refractivity contribution in [1.29, 1.82) is 0 Å². The van der Waals surface area contributed by atoms with Gasteiger partial charge in [-0.2, -0.15) is 4.31 Å². The second-order valence-electron chi connectivity index (χ2n) is 6.46.